The van der Waals surface area contributed by atoms with Crippen LogP contribution in [-0.2, 0) is 0 Å². The number of hydrogen-bond donors (Lipinski definition) is 1. The van der Waals surface area contributed by atoms with E-state index in [0.29, 0.717) is 5.92 Å². The lowest BCUT2D eigenvalue weighted by Gasteiger charge is -2.21. The Labute approximate surface area is 75.5 Å². The molecule has 1 saturated carbocycles. The van der Waals surface area contributed by atoms with Crippen LogP contribution in [0.1, 0.15) is 48.2 Å². The van der Waals surface area contributed by atoms with Gasteiger partial charge in [-0.3, -0.25) is 0 Å². The molecule has 12 heavy (non-hydrogen) atoms. The first kappa shape index (κ1) is 8.13. The Morgan fingerprint density at radius 1 is 1.50 bits per heavy atom. The molecule has 1 fully saturated rings. The highest BCUT2D eigenvalue weighted by Gasteiger charge is 2.23. The van der Waals surface area contributed by atoms with E-state index in [-0.39, 0.29) is 0 Å². The molecule has 1 N–H and O–H groups in total. The maximum Gasteiger partial charge on any atom is 0.145 e. The molecule has 1 aliphatic rings. The van der Waals surface area contributed by atoms with Crippen LogP contribution in [0.3, 0.4) is 0 Å². The van der Waals surface area contributed by atoms with Crippen LogP contribution in [0.4, 0.5) is 0 Å². The number of aromatic nitrogens is 2. The van der Waals surface area contributed by atoms with E-state index >= 15 is 0 Å². The van der Waals surface area contributed by atoms with Crippen molar-refractivity contribution in [3.63, 3.8) is 0 Å². The van der Waals surface area contributed by atoms with E-state index in [1.165, 1.54) is 19.3 Å². The molecular weight excluding hydrogens is 172 g/mol. The van der Waals surface area contributed by atoms with Crippen molar-refractivity contribution in [1.29, 1.82) is 0 Å². The second-order valence-electron chi connectivity index (χ2n) is 3.28. The van der Waals surface area contributed by atoms with E-state index in [1.807, 2.05) is 0 Å². The van der Waals surface area contributed by atoms with Gasteiger partial charge in [0.05, 0.1) is 0 Å². The molecule has 0 aromatic carbocycles. The molecule has 0 spiro atoms. The standard InChI is InChI=1S/C8H12N2OS/c1-5(11)7-9-10-8(12-7)6-3-2-4-6/h5-6,11H,2-4H2,1H3. The lowest BCUT2D eigenvalue weighted by atomic mass is 9.86. The first-order valence-electron chi connectivity index (χ1n) is 4.28. The highest BCUT2D eigenvalue weighted by molar-refractivity contribution is 7.11. The Hall–Kier alpha value is -0.480. The van der Waals surface area contributed by atoms with Crippen molar-refractivity contribution in [1.82, 2.24) is 10.2 Å². The Morgan fingerprint density at radius 2 is 2.25 bits per heavy atom. The second kappa shape index (κ2) is 3.11. The fourth-order valence-corrected chi connectivity index (χ4v) is 2.19. The summed E-state index contributed by atoms with van der Waals surface area (Å²) in [6.45, 7) is 1.73. The fraction of sp³-hybridized carbons (Fsp3) is 0.750. The van der Waals surface area contributed by atoms with Crippen molar-refractivity contribution in [3.8, 4) is 0 Å². The topological polar surface area (TPSA) is 46.0 Å². The largest absolute Gasteiger partial charge is 0.386 e. The summed E-state index contributed by atoms with van der Waals surface area (Å²) in [6, 6.07) is 0. The number of aliphatic hydroxyl groups is 1. The van der Waals surface area contributed by atoms with Crippen LogP contribution in [0.25, 0.3) is 0 Å². The van der Waals surface area contributed by atoms with Crippen LogP contribution in [0, 0.1) is 0 Å². The molecule has 0 saturated heterocycles. The number of rotatable bonds is 2. The summed E-state index contributed by atoms with van der Waals surface area (Å²) in [5, 5.41) is 19.1. The highest BCUT2D eigenvalue weighted by Crippen LogP contribution is 2.38. The Balaban J connectivity index is 2.12. The van der Waals surface area contributed by atoms with Gasteiger partial charge >= 0.3 is 0 Å². The lowest BCUT2D eigenvalue weighted by Crippen LogP contribution is -2.07. The monoisotopic (exact) mass is 184 g/mol. The molecule has 1 aliphatic carbocycles. The zero-order valence-electron chi connectivity index (χ0n) is 7.03. The zero-order valence-corrected chi connectivity index (χ0v) is 7.84. The number of nitrogens with zero attached hydrogens (tertiary/aromatic N) is 2. The normalized spacial score (nSPS) is 20.5. The molecule has 1 unspecified atom stereocenters. The molecule has 0 amide bonds. The quantitative estimate of drug-likeness (QED) is 0.763. The molecule has 1 heterocycles. The SMILES string of the molecule is CC(O)c1nnc(C2CCC2)s1. The van der Waals surface area contributed by atoms with Gasteiger partial charge in [0.15, 0.2) is 0 Å². The molecule has 2 rings (SSSR count). The molecule has 0 bridgehead atoms. The molecule has 0 radical (unpaired) electrons. The van der Waals surface area contributed by atoms with Crippen LogP contribution < -0.4 is 0 Å². The van der Waals surface area contributed by atoms with E-state index in [1.54, 1.807) is 18.3 Å². The Morgan fingerprint density at radius 3 is 2.67 bits per heavy atom. The van der Waals surface area contributed by atoms with E-state index in [0.717, 1.165) is 10.0 Å². The van der Waals surface area contributed by atoms with Crippen LogP contribution in [0.15, 0.2) is 0 Å². The average Bonchev–Trinajstić information content (AvgIpc) is 2.32. The number of hydrogen-bond acceptors (Lipinski definition) is 4. The summed E-state index contributed by atoms with van der Waals surface area (Å²) < 4.78 is 0. The van der Waals surface area contributed by atoms with Crippen molar-refractivity contribution in [2.24, 2.45) is 0 Å². The van der Waals surface area contributed by atoms with Gasteiger partial charge in [-0.05, 0) is 19.8 Å². The van der Waals surface area contributed by atoms with Crippen LogP contribution in [0.2, 0.25) is 0 Å². The summed E-state index contributed by atoms with van der Waals surface area (Å²) in [5.41, 5.74) is 0. The minimum absolute atomic E-state index is 0.462. The van der Waals surface area contributed by atoms with Gasteiger partial charge in [-0.2, -0.15) is 0 Å². The molecule has 1 atom stereocenters. The third-order valence-electron chi connectivity index (χ3n) is 2.27. The van der Waals surface area contributed by atoms with Crippen LogP contribution in [-0.4, -0.2) is 15.3 Å². The van der Waals surface area contributed by atoms with Gasteiger partial charge in [0.2, 0.25) is 0 Å². The molecule has 4 heteroatoms. The summed E-state index contributed by atoms with van der Waals surface area (Å²) in [6.07, 6.45) is 3.34. The first-order valence-corrected chi connectivity index (χ1v) is 5.10. The first-order chi connectivity index (χ1) is 5.77. The van der Waals surface area contributed by atoms with Crippen molar-refractivity contribution in [3.05, 3.63) is 10.0 Å². The van der Waals surface area contributed by atoms with Gasteiger partial charge in [0, 0.05) is 5.92 Å². The predicted octanol–water partition coefficient (Wildman–Crippen LogP) is 1.86. The summed E-state index contributed by atoms with van der Waals surface area (Å²) in [5.74, 6) is 0.634. The van der Waals surface area contributed by atoms with E-state index in [2.05, 4.69) is 10.2 Å². The molecular formula is C8H12N2OS. The van der Waals surface area contributed by atoms with Crippen molar-refractivity contribution in [2.75, 3.05) is 0 Å². The summed E-state index contributed by atoms with van der Waals surface area (Å²) in [4.78, 5) is 0. The van der Waals surface area contributed by atoms with Gasteiger partial charge in [-0.15, -0.1) is 10.2 Å². The minimum atomic E-state index is -0.462. The third-order valence-corrected chi connectivity index (χ3v) is 3.52. The smallest absolute Gasteiger partial charge is 0.145 e. The van der Waals surface area contributed by atoms with Gasteiger partial charge in [-0.1, -0.05) is 17.8 Å². The van der Waals surface area contributed by atoms with Gasteiger partial charge in [0.1, 0.15) is 16.1 Å². The van der Waals surface area contributed by atoms with Crippen LogP contribution in [0.5, 0.6) is 0 Å². The third kappa shape index (κ3) is 1.36. The maximum absolute atomic E-state index is 9.22. The molecule has 1 aromatic rings. The Kier molecular flexibility index (Phi) is 2.11. The highest BCUT2D eigenvalue weighted by atomic mass is 32.1. The van der Waals surface area contributed by atoms with Crippen molar-refractivity contribution < 1.29 is 5.11 Å². The number of aliphatic hydroxyl groups excluding tert-OH is 1. The van der Waals surface area contributed by atoms with Gasteiger partial charge in [0.25, 0.3) is 0 Å². The van der Waals surface area contributed by atoms with Crippen LogP contribution >= 0.6 is 11.3 Å². The second-order valence-corrected chi connectivity index (χ2v) is 4.32. The van der Waals surface area contributed by atoms with Crippen molar-refractivity contribution in [2.45, 2.75) is 38.2 Å². The Bertz CT molecular complexity index is 268. The van der Waals surface area contributed by atoms with E-state index in [9.17, 15) is 5.11 Å². The molecule has 66 valence electrons. The van der Waals surface area contributed by atoms with Crippen molar-refractivity contribution >= 4 is 11.3 Å². The minimum Gasteiger partial charge on any atom is -0.386 e. The average molecular weight is 184 g/mol. The summed E-state index contributed by atoms with van der Waals surface area (Å²) >= 11 is 1.55. The van der Waals surface area contributed by atoms with Gasteiger partial charge < -0.3 is 5.11 Å². The maximum atomic E-state index is 9.22. The predicted molar refractivity (Wildman–Crippen MR) is 47.1 cm³/mol. The molecule has 0 aliphatic heterocycles. The van der Waals surface area contributed by atoms with E-state index < -0.39 is 6.10 Å². The zero-order chi connectivity index (χ0) is 8.55. The lowest BCUT2D eigenvalue weighted by molar-refractivity contribution is 0.198. The fourth-order valence-electron chi connectivity index (χ4n) is 1.24. The summed E-state index contributed by atoms with van der Waals surface area (Å²) in [7, 11) is 0. The van der Waals surface area contributed by atoms with E-state index in [4.69, 9.17) is 0 Å². The van der Waals surface area contributed by atoms with Gasteiger partial charge in [-0.25, -0.2) is 0 Å². The molecule has 1 aromatic heterocycles. The molecule has 3 nitrogen and oxygen atoms in total.